The first-order chi connectivity index (χ1) is 4.74. The average Bonchev–Trinajstić information content (AvgIpc) is 1.94. The third-order valence-corrected chi connectivity index (χ3v) is 1.50. The summed E-state index contributed by atoms with van der Waals surface area (Å²) >= 11 is 5.44. The molecule has 0 saturated heterocycles. The van der Waals surface area contributed by atoms with Gasteiger partial charge in [0.25, 0.3) is 0 Å². The van der Waals surface area contributed by atoms with Crippen LogP contribution in [0.5, 0.6) is 0 Å². The van der Waals surface area contributed by atoms with E-state index < -0.39 is 0 Å². The second-order valence-electron chi connectivity index (χ2n) is 2.05. The van der Waals surface area contributed by atoms with Crippen molar-refractivity contribution in [2.24, 2.45) is 0 Å². The zero-order valence-corrected chi connectivity index (χ0v) is 6.32. The monoisotopic (exact) mass is 159 g/mol. The molecule has 0 fully saturated rings. The highest BCUT2D eigenvalue weighted by molar-refractivity contribution is 6.17. The van der Waals surface area contributed by atoms with Crippen LogP contribution in [0.1, 0.15) is 11.3 Å². The van der Waals surface area contributed by atoms with Gasteiger partial charge in [-0.15, -0.1) is 11.6 Å². The van der Waals surface area contributed by atoms with E-state index in [2.05, 4.69) is 4.98 Å². The summed E-state index contributed by atoms with van der Waals surface area (Å²) < 4.78 is 12.6. The van der Waals surface area contributed by atoms with Gasteiger partial charge in [0.2, 0.25) is 0 Å². The third-order valence-electron chi connectivity index (χ3n) is 1.22. The van der Waals surface area contributed by atoms with E-state index in [9.17, 15) is 4.39 Å². The molecule has 0 atom stereocenters. The number of hydrogen-bond acceptors (Lipinski definition) is 1. The lowest BCUT2D eigenvalue weighted by molar-refractivity contribution is 0.609. The van der Waals surface area contributed by atoms with Crippen LogP contribution in [0.25, 0.3) is 0 Å². The molecule has 10 heavy (non-hydrogen) atoms. The van der Waals surface area contributed by atoms with E-state index in [1.807, 2.05) is 0 Å². The SMILES string of the molecule is Cc1cc(CCl)c(F)cn1. The Morgan fingerprint density at radius 1 is 1.70 bits per heavy atom. The molecule has 0 aromatic carbocycles. The zero-order valence-electron chi connectivity index (χ0n) is 5.56. The van der Waals surface area contributed by atoms with Gasteiger partial charge in [0, 0.05) is 11.3 Å². The maximum absolute atomic E-state index is 12.6. The fraction of sp³-hybridized carbons (Fsp3) is 0.286. The second kappa shape index (κ2) is 2.97. The van der Waals surface area contributed by atoms with Crippen molar-refractivity contribution in [3.8, 4) is 0 Å². The van der Waals surface area contributed by atoms with Crippen LogP contribution in [-0.2, 0) is 5.88 Å². The average molecular weight is 160 g/mol. The van der Waals surface area contributed by atoms with E-state index in [-0.39, 0.29) is 11.7 Å². The lowest BCUT2D eigenvalue weighted by Gasteiger charge is -1.97. The van der Waals surface area contributed by atoms with Crippen molar-refractivity contribution in [1.82, 2.24) is 4.98 Å². The Hall–Kier alpha value is -0.630. The molecule has 1 rings (SSSR count). The van der Waals surface area contributed by atoms with Gasteiger partial charge in [-0.3, -0.25) is 4.98 Å². The molecule has 0 unspecified atom stereocenters. The standard InChI is InChI=1S/C7H7ClFN/c1-5-2-6(3-8)7(9)4-10-5/h2,4H,3H2,1H3. The number of hydrogen-bond donors (Lipinski definition) is 0. The van der Waals surface area contributed by atoms with Crippen molar-refractivity contribution < 1.29 is 4.39 Å². The summed E-state index contributed by atoms with van der Waals surface area (Å²) in [7, 11) is 0. The molecule has 1 heterocycles. The molecular formula is C7H7ClFN. The van der Waals surface area contributed by atoms with Crippen LogP contribution in [-0.4, -0.2) is 4.98 Å². The topological polar surface area (TPSA) is 12.9 Å². The number of aryl methyl sites for hydroxylation is 1. The van der Waals surface area contributed by atoms with Gasteiger partial charge in [0.1, 0.15) is 5.82 Å². The number of nitrogens with zero attached hydrogens (tertiary/aromatic N) is 1. The number of aromatic nitrogens is 1. The minimum absolute atomic E-state index is 0.204. The zero-order chi connectivity index (χ0) is 7.56. The van der Waals surface area contributed by atoms with E-state index in [0.29, 0.717) is 5.56 Å². The van der Waals surface area contributed by atoms with Crippen molar-refractivity contribution in [3.05, 3.63) is 29.3 Å². The highest BCUT2D eigenvalue weighted by Crippen LogP contribution is 2.09. The Kier molecular flexibility index (Phi) is 2.22. The summed E-state index contributed by atoms with van der Waals surface area (Å²) in [4.78, 5) is 3.75. The van der Waals surface area contributed by atoms with E-state index in [1.165, 1.54) is 6.20 Å². The fourth-order valence-corrected chi connectivity index (χ4v) is 0.907. The Morgan fingerprint density at radius 2 is 2.40 bits per heavy atom. The van der Waals surface area contributed by atoms with E-state index in [0.717, 1.165) is 5.69 Å². The molecule has 1 aromatic rings. The van der Waals surface area contributed by atoms with Gasteiger partial charge in [0.05, 0.1) is 12.1 Å². The van der Waals surface area contributed by atoms with Crippen LogP contribution >= 0.6 is 11.6 Å². The van der Waals surface area contributed by atoms with Gasteiger partial charge in [-0.2, -0.15) is 0 Å². The van der Waals surface area contributed by atoms with Crippen LogP contribution in [0.4, 0.5) is 4.39 Å². The minimum Gasteiger partial charge on any atom is -0.259 e. The maximum Gasteiger partial charge on any atom is 0.145 e. The maximum atomic E-state index is 12.6. The predicted molar refractivity (Wildman–Crippen MR) is 38.5 cm³/mol. The summed E-state index contributed by atoms with van der Waals surface area (Å²) in [5, 5.41) is 0. The largest absolute Gasteiger partial charge is 0.259 e. The summed E-state index contributed by atoms with van der Waals surface area (Å²) in [6.07, 6.45) is 1.19. The molecule has 0 aliphatic carbocycles. The van der Waals surface area contributed by atoms with Crippen molar-refractivity contribution in [3.63, 3.8) is 0 Å². The van der Waals surface area contributed by atoms with Crippen molar-refractivity contribution in [2.45, 2.75) is 12.8 Å². The van der Waals surface area contributed by atoms with Gasteiger partial charge in [0.15, 0.2) is 0 Å². The predicted octanol–water partition coefficient (Wildman–Crippen LogP) is 2.27. The number of alkyl halides is 1. The molecule has 1 nitrogen and oxygen atoms in total. The Balaban J connectivity index is 3.09. The first kappa shape index (κ1) is 7.48. The minimum atomic E-state index is -0.333. The number of halogens is 2. The summed E-state index contributed by atoms with van der Waals surface area (Å²) in [6.45, 7) is 1.80. The van der Waals surface area contributed by atoms with Crippen molar-refractivity contribution >= 4 is 11.6 Å². The molecule has 0 spiro atoms. The normalized spacial score (nSPS) is 9.90. The van der Waals surface area contributed by atoms with E-state index >= 15 is 0 Å². The smallest absolute Gasteiger partial charge is 0.145 e. The van der Waals surface area contributed by atoms with Crippen molar-refractivity contribution in [2.75, 3.05) is 0 Å². The molecule has 0 amide bonds. The van der Waals surface area contributed by atoms with Gasteiger partial charge in [-0.25, -0.2) is 4.39 Å². The Bertz CT molecular complexity index is 237. The molecule has 1 aromatic heterocycles. The van der Waals surface area contributed by atoms with Gasteiger partial charge < -0.3 is 0 Å². The first-order valence-electron chi connectivity index (χ1n) is 2.91. The lowest BCUT2D eigenvalue weighted by atomic mass is 10.2. The molecule has 0 aliphatic rings. The molecule has 0 radical (unpaired) electrons. The van der Waals surface area contributed by atoms with Crippen LogP contribution in [0.2, 0.25) is 0 Å². The summed E-state index contributed by atoms with van der Waals surface area (Å²) in [5.41, 5.74) is 1.30. The summed E-state index contributed by atoms with van der Waals surface area (Å²) in [6, 6.07) is 1.64. The van der Waals surface area contributed by atoms with Crippen LogP contribution in [0, 0.1) is 12.7 Å². The number of pyridine rings is 1. The van der Waals surface area contributed by atoms with Gasteiger partial charge in [-0.1, -0.05) is 0 Å². The molecular weight excluding hydrogens is 153 g/mol. The van der Waals surface area contributed by atoms with Gasteiger partial charge >= 0.3 is 0 Å². The highest BCUT2D eigenvalue weighted by Gasteiger charge is 1.99. The number of rotatable bonds is 1. The van der Waals surface area contributed by atoms with Gasteiger partial charge in [-0.05, 0) is 13.0 Å². The molecule has 0 N–H and O–H groups in total. The molecule has 0 aliphatic heterocycles. The third kappa shape index (κ3) is 1.45. The van der Waals surface area contributed by atoms with E-state index in [1.54, 1.807) is 13.0 Å². The van der Waals surface area contributed by atoms with Crippen LogP contribution < -0.4 is 0 Å². The molecule has 0 saturated carbocycles. The Morgan fingerprint density at radius 3 is 2.90 bits per heavy atom. The molecule has 0 bridgehead atoms. The molecule has 3 heteroatoms. The van der Waals surface area contributed by atoms with Crippen molar-refractivity contribution in [1.29, 1.82) is 0 Å². The Labute approximate surface area is 63.8 Å². The van der Waals surface area contributed by atoms with Crippen LogP contribution in [0.3, 0.4) is 0 Å². The highest BCUT2D eigenvalue weighted by atomic mass is 35.5. The quantitative estimate of drug-likeness (QED) is 0.573. The van der Waals surface area contributed by atoms with Crippen LogP contribution in [0.15, 0.2) is 12.3 Å². The van der Waals surface area contributed by atoms with E-state index in [4.69, 9.17) is 11.6 Å². The second-order valence-corrected chi connectivity index (χ2v) is 2.32. The first-order valence-corrected chi connectivity index (χ1v) is 3.44. The lowest BCUT2D eigenvalue weighted by Crippen LogP contribution is -1.89. The summed E-state index contributed by atoms with van der Waals surface area (Å²) in [5.74, 6) is -0.129. The molecule has 54 valence electrons. The fourth-order valence-electron chi connectivity index (χ4n) is 0.702.